The highest BCUT2D eigenvalue weighted by molar-refractivity contribution is 4.93. The fourth-order valence-corrected chi connectivity index (χ4v) is 2.00. The zero-order valence-corrected chi connectivity index (χ0v) is 8.97. The predicted molar refractivity (Wildman–Crippen MR) is 55.5 cm³/mol. The molecule has 1 heterocycles. The van der Waals surface area contributed by atoms with E-state index >= 15 is 0 Å². The Morgan fingerprint density at radius 2 is 2.15 bits per heavy atom. The molecule has 0 amide bonds. The van der Waals surface area contributed by atoms with E-state index in [0.717, 1.165) is 25.7 Å². The zero-order chi connectivity index (χ0) is 9.84. The normalized spacial score (nSPS) is 33.4. The van der Waals surface area contributed by atoms with Gasteiger partial charge in [0.25, 0.3) is 0 Å². The van der Waals surface area contributed by atoms with Crippen LogP contribution in [0.1, 0.15) is 46.5 Å². The van der Waals surface area contributed by atoms with Crippen molar-refractivity contribution in [2.75, 3.05) is 0 Å². The highest BCUT2D eigenvalue weighted by Gasteiger charge is 2.27. The SMILES string of the molecule is CC(C)=CCCC1CCC(C)[NH+]1[O-]. The minimum absolute atomic E-state index is 0.330. The van der Waals surface area contributed by atoms with Gasteiger partial charge >= 0.3 is 0 Å². The fraction of sp³-hybridized carbons (Fsp3) is 0.818. The number of rotatable bonds is 3. The largest absolute Gasteiger partial charge is 0.634 e. The zero-order valence-electron chi connectivity index (χ0n) is 8.97. The van der Waals surface area contributed by atoms with E-state index in [9.17, 15) is 5.21 Å². The molecule has 1 fully saturated rings. The second-order valence-electron chi connectivity index (χ2n) is 4.44. The van der Waals surface area contributed by atoms with Crippen LogP contribution in [0.15, 0.2) is 11.6 Å². The number of nitrogens with one attached hydrogen (secondary N) is 1. The molecule has 13 heavy (non-hydrogen) atoms. The molecule has 0 aromatic rings. The summed E-state index contributed by atoms with van der Waals surface area (Å²) in [5, 5.41) is 12.1. The van der Waals surface area contributed by atoms with Gasteiger partial charge in [-0.3, -0.25) is 0 Å². The lowest BCUT2D eigenvalue weighted by molar-refractivity contribution is -0.884. The molecule has 0 radical (unpaired) electrons. The molecule has 0 aliphatic carbocycles. The van der Waals surface area contributed by atoms with Crippen molar-refractivity contribution in [3.8, 4) is 0 Å². The molecule has 1 aliphatic rings. The summed E-state index contributed by atoms with van der Waals surface area (Å²) in [5.41, 5.74) is 1.36. The summed E-state index contributed by atoms with van der Waals surface area (Å²) in [5.74, 6) is 0. The number of quaternary nitrogens is 1. The number of hydrogen-bond donors (Lipinski definition) is 1. The molecule has 1 rings (SSSR count). The Labute approximate surface area is 81.2 Å². The van der Waals surface area contributed by atoms with Gasteiger partial charge in [-0.2, -0.15) is 0 Å². The summed E-state index contributed by atoms with van der Waals surface area (Å²) in [4.78, 5) is 0. The first kappa shape index (κ1) is 10.7. The van der Waals surface area contributed by atoms with Crippen molar-refractivity contribution in [1.29, 1.82) is 0 Å². The molecule has 0 aromatic carbocycles. The Bertz CT molecular complexity index is 185. The molecule has 1 N–H and O–H groups in total. The van der Waals surface area contributed by atoms with Crippen LogP contribution < -0.4 is 5.06 Å². The van der Waals surface area contributed by atoms with Crippen LogP contribution >= 0.6 is 0 Å². The summed E-state index contributed by atoms with van der Waals surface area (Å²) in [6.07, 6.45) is 6.60. The van der Waals surface area contributed by atoms with E-state index in [0.29, 0.717) is 17.1 Å². The van der Waals surface area contributed by atoms with Gasteiger partial charge in [-0.1, -0.05) is 11.6 Å². The second-order valence-corrected chi connectivity index (χ2v) is 4.44. The maximum absolute atomic E-state index is 11.6. The van der Waals surface area contributed by atoms with E-state index < -0.39 is 0 Å². The van der Waals surface area contributed by atoms with E-state index in [-0.39, 0.29) is 0 Å². The van der Waals surface area contributed by atoms with Crippen molar-refractivity contribution >= 4 is 0 Å². The van der Waals surface area contributed by atoms with Crippen molar-refractivity contribution in [2.45, 2.75) is 58.5 Å². The minimum Gasteiger partial charge on any atom is -0.634 e. The highest BCUT2D eigenvalue weighted by atomic mass is 16.5. The van der Waals surface area contributed by atoms with Crippen molar-refractivity contribution in [2.24, 2.45) is 0 Å². The maximum atomic E-state index is 11.6. The topological polar surface area (TPSA) is 27.5 Å². The molecular weight excluding hydrogens is 162 g/mol. The summed E-state index contributed by atoms with van der Waals surface area (Å²) in [6, 6.07) is 0.697. The number of hydroxylamine groups is 2. The Morgan fingerprint density at radius 1 is 1.46 bits per heavy atom. The average molecular weight is 183 g/mol. The highest BCUT2D eigenvalue weighted by Crippen LogP contribution is 2.11. The van der Waals surface area contributed by atoms with Gasteiger partial charge in [0.2, 0.25) is 0 Å². The lowest BCUT2D eigenvalue weighted by Crippen LogP contribution is -3.12. The molecule has 1 saturated heterocycles. The third-order valence-electron chi connectivity index (χ3n) is 2.90. The lowest BCUT2D eigenvalue weighted by Gasteiger charge is -2.28. The second kappa shape index (κ2) is 4.77. The van der Waals surface area contributed by atoms with Crippen LogP contribution in [-0.4, -0.2) is 12.1 Å². The Kier molecular flexibility index (Phi) is 3.94. The van der Waals surface area contributed by atoms with Gasteiger partial charge in [-0.05, 0) is 27.2 Å². The molecule has 2 nitrogen and oxygen atoms in total. The van der Waals surface area contributed by atoms with Gasteiger partial charge in [0.1, 0.15) is 0 Å². The van der Waals surface area contributed by atoms with Gasteiger partial charge in [0, 0.05) is 19.3 Å². The molecule has 0 bridgehead atoms. The van der Waals surface area contributed by atoms with Crippen LogP contribution in [0.2, 0.25) is 0 Å². The van der Waals surface area contributed by atoms with Crippen LogP contribution in [0.25, 0.3) is 0 Å². The van der Waals surface area contributed by atoms with Crippen molar-refractivity contribution in [1.82, 2.24) is 0 Å². The Morgan fingerprint density at radius 3 is 2.62 bits per heavy atom. The molecule has 0 spiro atoms. The van der Waals surface area contributed by atoms with Gasteiger partial charge in [0.05, 0.1) is 12.1 Å². The lowest BCUT2D eigenvalue weighted by atomic mass is 10.1. The number of allylic oxidation sites excluding steroid dienone is 2. The molecule has 2 heteroatoms. The van der Waals surface area contributed by atoms with Gasteiger partial charge in [0.15, 0.2) is 0 Å². The monoisotopic (exact) mass is 183 g/mol. The van der Waals surface area contributed by atoms with Gasteiger partial charge < -0.3 is 10.3 Å². The van der Waals surface area contributed by atoms with E-state index in [1.54, 1.807) is 0 Å². The van der Waals surface area contributed by atoms with Crippen LogP contribution in [-0.2, 0) is 0 Å². The summed E-state index contributed by atoms with van der Waals surface area (Å²) >= 11 is 0. The third-order valence-corrected chi connectivity index (χ3v) is 2.90. The van der Waals surface area contributed by atoms with Crippen molar-refractivity contribution < 1.29 is 5.06 Å². The molecule has 3 atom stereocenters. The van der Waals surface area contributed by atoms with E-state index in [1.807, 2.05) is 0 Å². The van der Waals surface area contributed by atoms with Crippen LogP contribution in [0.3, 0.4) is 0 Å². The fourth-order valence-electron chi connectivity index (χ4n) is 2.00. The summed E-state index contributed by atoms with van der Waals surface area (Å²) in [7, 11) is 0. The minimum atomic E-state index is 0.330. The standard InChI is InChI=1S/C11H21NO/c1-9(2)5-4-6-11-8-7-10(3)12(11)13/h5,10-12H,4,6-8H2,1-3H3. The average Bonchev–Trinajstić information content (AvgIpc) is 2.35. The third kappa shape index (κ3) is 3.12. The molecule has 0 saturated carbocycles. The van der Waals surface area contributed by atoms with E-state index in [2.05, 4.69) is 26.8 Å². The molecule has 0 aromatic heterocycles. The maximum Gasteiger partial charge on any atom is 0.0879 e. The van der Waals surface area contributed by atoms with Gasteiger partial charge in [-0.15, -0.1) is 0 Å². The van der Waals surface area contributed by atoms with E-state index in [4.69, 9.17) is 0 Å². The van der Waals surface area contributed by atoms with Crippen molar-refractivity contribution in [3.05, 3.63) is 16.9 Å². The smallest absolute Gasteiger partial charge is 0.0879 e. The first-order valence-electron chi connectivity index (χ1n) is 5.28. The molecule has 76 valence electrons. The first-order chi connectivity index (χ1) is 6.11. The van der Waals surface area contributed by atoms with Gasteiger partial charge in [-0.25, -0.2) is 0 Å². The van der Waals surface area contributed by atoms with Crippen molar-refractivity contribution in [3.63, 3.8) is 0 Å². The first-order valence-corrected chi connectivity index (χ1v) is 5.28. The Balaban J connectivity index is 2.26. The molecule has 3 unspecified atom stereocenters. The van der Waals surface area contributed by atoms with Crippen LogP contribution in [0, 0.1) is 5.21 Å². The molecule has 1 aliphatic heterocycles. The Hall–Kier alpha value is -0.340. The van der Waals surface area contributed by atoms with E-state index in [1.165, 1.54) is 5.57 Å². The predicted octanol–water partition coefficient (Wildman–Crippen LogP) is 1.67. The van der Waals surface area contributed by atoms with Crippen LogP contribution in [0.4, 0.5) is 0 Å². The quantitative estimate of drug-likeness (QED) is 0.523. The van der Waals surface area contributed by atoms with Crippen LogP contribution in [0.5, 0.6) is 0 Å². The summed E-state index contributed by atoms with van der Waals surface area (Å²) in [6.45, 7) is 6.28. The summed E-state index contributed by atoms with van der Waals surface area (Å²) < 4.78 is 0. The number of hydrogen-bond acceptors (Lipinski definition) is 1. The molecular formula is C11H21NO.